The predicted octanol–water partition coefficient (Wildman–Crippen LogP) is 0.926. The van der Waals surface area contributed by atoms with E-state index in [0.29, 0.717) is 6.08 Å². The highest BCUT2D eigenvalue weighted by molar-refractivity contribution is 6.01. The van der Waals surface area contributed by atoms with Gasteiger partial charge in [-0.1, -0.05) is 0 Å². The van der Waals surface area contributed by atoms with Crippen LogP contribution in [0.4, 0.5) is 13.2 Å². The van der Waals surface area contributed by atoms with E-state index in [0.717, 1.165) is 6.20 Å². The Kier molecular flexibility index (Phi) is 2.99. The number of nitrogens with zero attached hydrogens (tertiary/aromatic N) is 2. The van der Waals surface area contributed by atoms with Crippen LogP contribution in [-0.2, 0) is 4.79 Å². The van der Waals surface area contributed by atoms with Crippen molar-refractivity contribution in [3.63, 3.8) is 0 Å². The highest BCUT2D eigenvalue weighted by Crippen LogP contribution is 2.21. The minimum absolute atomic E-state index is 0.634. The van der Waals surface area contributed by atoms with E-state index in [-0.39, 0.29) is 0 Å². The zero-order valence-electron chi connectivity index (χ0n) is 7.54. The average molecular weight is 231 g/mol. The fraction of sp³-hybridized carbons (Fsp3) is 0.125. The van der Waals surface area contributed by atoms with E-state index >= 15 is 0 Å². The monoisotopic (exact) mass is 231 g/mol. The van der Waals surface area contributed by atoms with Crippen molar-refractivity contribution in [2.24, 2.45) is 4.99 Å². The van der Waals surface area contributed by atoms with Gasteiger partial charge in [-0.2, -0.15) is 18.4 Å². The Balaban J connectivity index is 3.23. The zero-order valence-corrected chi connectivity index (χ0v) is 7.54. The molecule has 0 saturated heterocycles. The van der Waals surface area contributed by atoms with E-state index in [1.54, 1.807) is 0 Å². The van der Waals surface area contributed by atoms with Crippen molar-refractivity contribution >= 4 is 11.7 Å². The summed E-state index contributed by atoms with van der Waals surface area (Å²) in [5, 5.41) is 19.1. The van der Waals surface area contributed by atoms with Crippen molar-refractivity contribution in [1.82, 2.24) is 5.32 Å². The van der Waals surface area contributed by atoms with Gasteiger partial charge in [-0.3, -0.25) is 0 Å². The van der Waals surface area contributed by atoms with Gasteiger partial charge in [0.1, 0.15) is 11.8 Å². The summed E-state index contributed by atoms with van der Waals surface area (Å²) in [7, 11) is 0. The summed E-state index contributed by atoms with van der Waals surface area (Å²) < 4.78 is 36.7. The molecule has 2 N–H and O–H groups in total. The lowest BCUT2D eigenvalue weighted by Crippen LogP contribution is -2.26. The second-order valence-electron chi connectivity index (χ2n) is 2.61. The smallest absolute Gasteiger partial charge is 0.433 e. The Bertz CT molecular complexity index is 454. The highest BCUT2D eigenvalue weighted by Gasteiger charge is 2.35. The molecule has 0 unspecified atom stereocenters. The van der Waals surface area contributed by atoms with Gasteiger partial charge >= 0.3 is 12.1 Å². The summed E-state index contributed by atoms with van der Waals surface area (Å²) in [6.45, 7) is 0. The van der Waals surface area contributed by atoms with Crippen LogP contribution in [0.25, 0.3) is 0 Å². The Morgan fingerprint density at radius 2 is 2.19 bits per heavy atom. The maximum absolute atomic E-state index is 12.2. The molecule has 0 radical (unpaired) electrons. The normalized spacial score (nSPS) is 18.2. The molecule has 0 spiro atoms. The SMILES string of the molecule is N#CC(C(=O)O)=C1N=C(C(F)(F)F)C=CN1. The van der Waals surface area contributed by atoms with Gasteiger partial charge in [-0.25, -0.2) is 9.79 Å². The first-order chi connectivity index (χ1) is 7.36. The van der Waals surface area contributed by atoms with Crippen molar-refractivity contribution in [3.05, 3.63) is 23.7 Å². The predicted molar refractivity (Wildman–Crippen MR) is 46.0 cm³/mol. The molecule has 1 rings (SSSR count). The number of nitrogens with one attached hydrogen (secondary N) is 1. The van der Waals surface area contributed by atoms with Gasteiger partial charge in [0.05, 0.1) is 0 Å². The van der Waals surface area contributed by atoms with Crippen LogP contribution in [0.3, 0.4) is 0 Å². The van der Waals surface area contributed by atoms with Crippen LogP contribution in [0.1, 0.15) is 0 Å². The molecule has 1 aliphatic heterocycles. The van der Waals surface area contributed by atoms with Crippen molar-refractivity contribution in [3.8, 4) is 6.07 Å². The summed E-state index contributed by atoms with van der Waals surface area (Å²) in [6.07, 6.45) is -3.19. The molecule has 1 heterocycles. The number of hydrogen-bond acceptors (Lipinski definition) is 4. The van der Waals surface area contributed by atoms with Crippen LogP contribution in [0.15, 0.2) is 28.7 Å². The first-order valence-electron chi connectivity index (χ1n) is 3.83. The molecule has 0 aromatic rings. The number of aliphatic carboxylic acids is 1. The molecule has 0 aliphatic carbocycles. The first kappa shape index (κ1) is 11.8. The van der Waals surface area contributed by atoms with Gasteiger partial charge in [0.2, 0.25) is 0 Å². The summed E-state index contributed by atoms with van der Waals surface area (Å²) >= 11 is 0. The molecule has 0 aromatic carbocycles. The Morgan fingerprint density at radius 1 is 1.56 bits per heavy atom. The number of alkyl halides is 3. The van der Waals surface area contributed by atoms with Crippen LogP contribution in [-0.4, -0.2) is 23.0 Å². The van der Waals surface area contributed by atoms with Gasteiger partial charge < -0.3 is 10.4 Å². The van der Waals surface area contributed by atoms with Crippen LogP contribution in [0.2, 0.25) is 0 Å². The molecule has 0 fully saturated rings. The van der Waals surface area contributed by atoms with E-state index in [1.165, 1.54) is 6.07 Å². The first-order valence-corrected chi connectivity index (χ1v) is 3.83. The third-order valence-electron chi connectivity index (χ3n) is 1.55. The second-order valence-corrected chi connectivity index (χ2v) is 2.61. The van der Waals surface area contributed by atoms with Crippen molar-refractivity contribution in [1.29, 1.82) is 5.26 Å². The standard InChI is InChI=1S/C8H4F3N3O2/c9-8(10,11)5-1-2-13-6(14-5)4(3-12)7(15)16/h1-2,13H,(H,15,16). The molecule has 0 bridgehead atoms. The fourth-order valence-corrected chi connectivity index (χ4v) is 0.878. The number of carbonyl (C=O) groups is 1. The fourth-order valence-electron chi connectivity index (χ4n) is 0.878. The lowest BCUT2D eigenvalue weighted by atomic mass is 10.2. The number of allylic oxidation sites excluding steroid dienone is 1. The topological polar surface area (TPSA) is 85.5 Å². The minimum Gasteiger partial charge on any atom is -0.477 e. The number of hydrogen-bond donors (Lipinski definition) is 2. The summed E-state index contributed by atoms with van der Waals surface area (Å²) in [5.41, 5.74) is -2.15. The molecule has 8 heteroatoms. The van der Waals surface area contributed by atoms with E-state index in [1.807, 2.05) is 0 Å². The molecule has 16 heavy (non-hydrogen) atoms. The van der Waals surface area contributed by atoms with Gasteiger partial charge in [0, 0.05) is 6.20 Å². The van der Waals surface area contributed by atoms with E-state index in [4.69, 9.17) is 10.4 Å². The number of carboxylic acid groups (broad SMARTS) is 1. The van der Waals surface area contributed by atoms with Crippen molar-refractivity contribution in [2.45, 2.75) is 6.18 Å². The molecule has 0 aromatic heterocycles. The molecule has 1 aliphatic rings. The Morgan fingerprint density at radius 3 is 2.62 bits per heavy atom. The maximum Gasteiger partial charge on any atom is 0.433 e. The van der Waals surface area contributed by atoms with E-state index in [9.17, 15) is 18.0 Å². The second kappa shape index (κ2) is 4.06. The lowest BCUT2D eigenvalue weighted by Gasteiger charge is -2.13. The third-order valence-corrected chi connectivity index (χ3v) is 1.55. The van der Waals surface area contributed by atoms with Crippen LogP contribution < -0.4 is 5.32 Å². The highest BCUT2D eigenvalue weighted by atomic mass is 19.4. The van der Waals surface area contributed by atoms with Gasteiger partial charge in [-0.15, -0.1) is 0 Å². The molecular formula is C8H4F3N3O2. The Hall–Kier alpha value is -2.30. The number of aliphatic imine (C=N–C) groups is 1. The van der Waals surface area contributed by atoms with Crippen LogP contribution in [0.5, 0.6) is 0 Å². The molecule has 0 amide bonds. The quantitative estimate of drug-likeness (QED) is 0.519. The number of halogens is 3. The molecule has 0 atom stereocenters. The van der Waals surface area contributed by atoms with Gasteiger partial charge in [0.15, 0.2) is 11.4 Å². The van der Waals surface area contributed by atoms with Crippen LogP contribution in [0, 0.1) is 11.3 Å². The summed E-state index contributed by atoms with van der Waals surface area (Å²) in [4.78, 5) is 13.5. The molecule has 5 nitrogen and oxygen atoms in total. The Labute approximate surface area is 87.2 Å². The third kappa shape index (κ3) is 2.38. The minimum atomic E-state index is -4.69. The average Bonchev–Trinajstić information content (AvgIpc) is 2.17. The largest absolute Gasteiger partial charge is 0.477 e. The molecular weight excluding hydrogens is 227 g/mol. The van der Waals surface area contributed by atoms with Crippen molar-refractivity contribution < 1.29 is 23.1 Å². The summed E-state index contributed by atoms with van der Waals surface area (Å²) in [6, 6.07) is 1.25. The molecule has 84 valence electrons. The maximum atomic E-state index is 12.2. The van der Waals surface area contributed by atoms with E-state index < -0.39 is 29.3 Å². The van der Waals surface area contributed by atoms with Gasteiger partial charge in [-0.05, 0) is 6.08 Å². The van der Waals surface area contributed by atoms with Gasteiger partial charge in [0.25, 0.3) is 0 Å². The number of nitriles is 1. The summed E-state index contributed by atoms with van der Waals surface area (Å²) in [5.74, 6) is -2.28. The number of carboxylic acids is 1. The molecule has 0 saturated carbocycles. The van der Waals surface area contributed by atoms with Crippen molar-refractivity contribution in [2.75, 3.05) is 0 Å². The van der Waals surface area contributed by atoms with Crippen LogP contribution >= 0.6 is 0 Å². The lowest BCUT2D eigenvalue weighted by molar-refractivity contribution is -0.132. The zero-order chi connectivity index (χ0) is 12.3. The number of rotatable bonds is 1. The van der Waals surface area contributed by atoms with E-state index in [2.05, 4.69) is 10.3 Å².